The van der Waals surface area contributed by atoms with Crippen LogP contribution in [0.15, 0.2) is 46.8 Å². The predicted octanol–water partition coefficient (Wildman–Crippen LogP) is 4.22. The van der Waals surface area contributed by atoms with E-state index >= 15 is 0 Å². The highest BCUT2D eigenvalue weighted by Crippen LogP contribution is 2.39. The van der Waals surface area contributed by atoms with Gasteiger partial charge in [-0.15, -0.1) is 16.4 Å². The molecule has 1 aromatic carbocycles. The number of anilines is 1. The fraction of sp³-hybridized carbons (Fsp3) is 0.348. The highest BCUT2D eigenvalue weighted by Gasteiger charge is 2.27. The zero-order chi connectivity index (χ0) is 23.1. The zero-order valence-corrected chi connectivity index (χ0v) is 19.7. The van der Waals surface area contributed by atoms with Gasteiger partial charge in [0.05, 0.1) is 15.9 Å². The molecule has 0 aliphatic carbocycles. The molecule has 0 atom stereocenters. The molecule has 0 saturated carbocycles. The van der Waals surface area contributed by atoms with Crippen LogP contribution in [0.2, 0.25) is 0 Å². The van der Waals surface area contributed by atoms with Gasteiger partial charge in [0.25, 0.3) is 0 Å². The molecule has 5 heterocycles. The minimum Gasteiger partial charge on any atom is -0.355 e. The standard InChI is InChI=1S/C23H23N9OS/c1-14(2)21-27-23(33-28-21)16-7-9-31(10-8-16)22-20-19(24-12-25-22)18(11-34-20)15-3-5-17(6-4-15)32-13-26-29-30-32/h3-6,11-14,16H,7-10H2,1-2H3. The van der Waals surface area contributed by atoms with Gasteiger partial charge < -0.3 is 9.42 Å². The summed E-state index contributed by atoms with van der Waals surface area (Å²) in [5.74, 6) is 3.12. The van der Waals surface area contributed by atoms with Crippen molar-refractivity contribution in [1.29, 1.82) is 0 Å². The Morgan fingerprint density at radius 1 is 1.09 bits per heavy atom. The number of rotatable bonds is 5. The molecular formula is C23H23N9OS. The molecule has 1 aliphatic heterocycles. The Balaban J connectivity index is 1.22. The summed E-state index contributed by atoms with van der Waals surface area (Å²) in [5, 5.41) is 17.6. The van der Waals surface area contributed by atoms with E-state index in [0.29, 0.717) is 5.92 Å². The van der Waals surface area contributed by atoms with Crippen molar-refractivity contribution in [1.82, 2.24) is 40.3 Å². The van der Waals surface area contributed by atoms with Gasteiger partial charge >= 0.3 is 0 Å². The van der Waals surface area contributed by atoms with Crippen molar-refractivity contribution in [3.8, 4) is 16.8 Å². The number of fused-ring (bicyclic) bond motifs is 1. The molecule has 34 heavy (non-hydrogen) atoms. The largest absolute Gasteiger partial charge is 0.355 e. The topological polar surface area (TPSA) is 112 Å². The highest BCUT2D eigenvalue weighted by molar-refractivity contribution is 7.18. The molecule has 1 saturated heterocycles. The van der Waals surface area contributed by atoms with Crippen LogP contribution in [0, 0.1) is 0 Å². The van der Waals surface area contributed by atoms with Crippen molar-refractivity contribution >= 4 is 27.4 Å². The Morgan fingerprint density at radius 3 is 2.62 bits per heavy atom. The maximum atomic E-state index is 5.55. The van der Waals surface area contributed by atoms with Crippen LogP contribution >= 0.6 is 11.3 Å². The summed E-state index contributed by atoms with van der Waals surface area (Å²) in [4.78, 5) is 16.2. The Hall–Kier alpha value is -3.73. The smallest absolute Gasteiger partial charge is 0.229 e. The van der Waals surface area contributed by atoms with Gasteiger partial charge in [0, 0.05) is 35.9 Å². The number of aromatic nitrogens is 8. The summed E-state index contributed by atoms with van der Waals surface area (Å²) in [6.07, 6.45) is 5.17. The molecule has 1 fully saturated rings. The average molecular weight is 474 g/mol. The summed E-state index contributed by atoms with van der Waals surface area (Å²) in [7, 11) is 0. The van der Waals surface area contributed by atoms with Gasteiger partial charge in [0.1, 0.15) is 18.5 Å². The molecule has 11 heteroatoms. The summed E-state index contributed by atoms with van der Waals surface area (Å²) in [6.45, 7) is 5.94. The fourth-order valence-electron chi connectivity index (χ4n) is 4.33. The lowest BCUT2D eigenvalue weighted by Crippen LogP contribution is -2.33. The molecule has 0 unspecified atom stereocenters. The molecule has 0 radical (unpaired) electrons. The first-order valence-electron chi connectivity index (χ1n) is 11.3. The molecule has 5 aromatic rings. The molecule has 6 rings (SSSR count). The number of hydrogen-bond acceptors (Lipinski definition) is 10. The summed E-state index contributed by atoms with van der Waals surface area (Å²) in [6, 6.07) is 8.15. The van der Waals surface area contributed by atoms with Crippen molar-refractivity contribution in [3.05, 3.63) is 54.0 Å². The van der Waals surface area contributed by atoms with Crippen LogP contribution in [-0.4, -0.2) is 53.4 Å². The molecular weight excluding hydrogens is 450 g/mol. The first-order chi connectivity index (χ1) is 16.7. The lowest BCUT2D eigenvalue weighted by atomic mass is 9.96. The maximum absolute atomic E-state index is 5.55. The van der Waals surface area contributed by atoms with E-state index in [1.807, 2.05) is 12.1 Å². The molecule has 0 spiro atoms. The second-order valence-corrected chi connectivity index (χ2v) is 9.61. The first kappa shape index (κ1) is 20.8. The van der Waals surface area contributed by atoms with E-state index in [9.17, 15) is 0 Å². The van der Waals surface area contributed by atoms with E-state index in [0.717, 1.165) is 70.5 Å². The lowest BCUT2D eigenvalue weighted by Gasteiger charge is -2.31. The average Bonchev–Trinajstić information content (AvgIpc) is 3.65. The van der Waals surface area contributed by atoms with Gasteiger partial charge in [0.2, 0.25) is 5.89 Å². The molecule has 1 aliphatic rings. The minimum absolute atomic E-state index is 0.274. The minimum atomic E-state index is 0.274. The fourth-order valence-corrected chi connectivity index (χ4v) is 5.37. The third kappa shape index (κ3) is 3.71. The molecule has 0 bridgehead atoms. The van der Waals surface area contributed by atoms with Crippen LogP contribution in [0.5, 0.6) is 0 Å². The third-order valence-electron chi connectivity index (χ3n) is 6.24. The van der Waals surface area contributed by atoms with Gasteiger partial charge in [0.15, 0.2) is 5.82 Å². The molecule has 172 valence electrons. The van der Waals surface area contributed by atoms with Crippen molar-refractivity contribution in [2.45, 2.75) is 38.5 Å². The molecule has 0 N–H and O–H groups in total. The Kier molecular flexibility index (Phi) is 5.25. The van der Waals surface area contributed by atoms with Crippen molar-refractivity contribution in [3.63, 3.8) is 0 Å². The van der Waals surface area contributed by atoms with Crippen LogP contribution in [-0.2, 0) is 0 Å². The highest BCUT2D eigenvalue weighted by atomic mass is 32.1. The Morgan fingerprint density at radius 2 is 1.91 bits per heavy atom. The summed E-state index contributed by atoms with van der Waals surface area (Å²) < 4.78 is 8.29. The van der Waals surface area contributed by atoms with E-state index in [-0.39, 0.29) is 5.92 Å². The molecule has 10 nitrogen and oxygen atoms in total. The van der Waals surface area contributed by atoms with E-state index < -0.39 is 0 Å². The van der Waals surface area contributed by atoms with Crippen LogP contribution in [0.25, 0.3) is 27.0 Å². The SMILES string of the molecule is CC(C)c1noc(C2CCN(c3ncnc4c(-c5ccc(-n6cnnn6)cc5)csc34)CC2)n1. The lowest BCUT2D eigenvalue weighted by molar-refractivity contribution is 0.326. The van der Waals surface area contributed by atoms with E-state index in [1.165, 1.54) is 0 Å². The van der Waals surface area contributed by atoms with E-state index in [4.69, 9.17) is 4.52 Å². The van der Waals surface area contributed by atoms with Crippen LogP contribution in [0.3, 0.4) is 0 Å². The van der Waals surface area contributed by atoms with Crippen LogP contribution in [0.4, 0.5) is 5.82 Å². The van der Waals surface area contributed by atoms with Gasteiger partial charge in [-0.05, 0) is 41.0 Å². The summed E-state index contributed by atoms with van der Waals surface area (Å²) in [5.41, 5.74) is 4.09. The third-order valence-corrected chi connectivity index (χ3v) is 7.21. The van der Waals surface area contributed by atoms with Crippen LogP contribution < -0.4 is 4.90 Å². The Bertz CT molecular complexity index is 1400. The van der Waals surface area contributed by atoms with Crippen molar-refractivity contribution in [2.24, 2.45) is 0 Å². The van der Waals surface area contributed by atoms with Gasteiger partial charge in [-0.2, -0.15) is 4.98 Å². The molecule has 4 aromatic heterocycles. The zero-order valence-electron chi connectivity index (χ0n) is 18.9. The molecule has 0 amide bonds. The van der Waals surface area contributed by atoms with Crippen LogP contribution in [0.1, 0.15) is 50.2 Å². The maximum Gasteiger partial charge on any atom is 0.229 e. The first-order valence-corrected chi connectivity index (χ1v) is 12.2. The number of thiophene rings is 1. The van der Waals surface area contributed by atoms with Gasteiger partial charge in [-0.3, -0.25) is 0 Å². The van der Waals surface area contributed by atoms with E-state index in [2.05, 4.69) is 71.9 Å². The van der Waals surface area contributed by atoms with Gasteiger partial charge in [-0.25, -0.2) is 14.6 Å². The number of nitrogens with zero attached hydrogens (tertiary/aromatic N) is 9. The number of hydrogen-bond donors (Lipinski definition) is 0. The van der Waals surface area contributed by atoms with Crippen molar-refractivity contribution < 1.29 is 4.52 Å². The Labute approximate surface area is 199 Å². The number of piperidine rings is 1. The summed E-state index contributed by atoms with van der Waals surface area (Å²) >= 11 is 1.69. The monoisotopic (exact) mass is 473 g/mol. The van der Waals surface area contributed by atoms with Crippen molar-refractivity contribution in [2.75, 3.05) is 18.0 Å². The second kappa shape index (κ2) is 8.56. The number of benzene rings is 1. The van der Waals surface area contributed by atoms with E-state index in [1.54, 1.807) is 28.7 Å². The van der Waals surface area contributed by atoms with Gasteiger partial charge in [-0.1, -0.05) is 31.1 Å². The normalized spacial score (nSPS) is 15.0. The number of tetrazole rings is 1. The predicted molar refractivity (Wildman–Crippen MR) is 128 cm³/mol. The second-order valence-electron chi connectivity index (χ2n) is 8.73. The quantitative estimate of drug-likeness (QED) is 0.370.